The van der Waals surface area contributed by atoms with Crippen LogP contribution >= 0.6 is 0 Å². The van der Waals surface area contributed by atoms with Crippen LogP contribution in [0.25, 0.3) is 0 Å². The van der Waals surface area contributed by atoms with Gasteiger partial charge in [-0.2, -0.15) is 0 Å². The zero-order valence-electron chi connectivity index (χ0n) is 9.72. The van der Waals surface area contributed by atoms with Crippen LogP contribution in [0, 0.1) is 11.3 Å². The fourth-order valence-corrected chi connectivity index (χ4v) is 1.30. The van der Waals surface area contributed by atoms with Crippen LogP contribution in [0.3, 0.4) is 0 Å². The van der Waals surface area contributed by atoms with E-state index in [0.29, 0.717) is 12.5 Å². The van der Waals surface area contributed by atoms with Crippen molar-refractivity contribution in [2.75, 3.05) is 13.1 Å². The van der Waals surface area contributed by atoms with Crippen LogP contribution in [-0.2, 0) is 9.59 Å². The lowest BCUT2D eigenvalue weighted by Gasteiger charge is -2.31. The van der Waals surface area contributed by atoms with E-state index >= 15 is 0 Å². The Balaban J connectivity index is 2.66. The topological polar surface area (TPSA) is 87.3 Å². The molecule has 1 aliphatic rings. The Labute approximate surface area is 94.2 Å². The third-order valence-electron chi connectivity index (χ3n) is 2.50. The van der Waals surface area contributed by atoms with Gasteiger partial charge in [-0.1, -0.05) is 13.8 Å². The number of carbonyl (C=O) groups is 3. The molecular weight excluding hydrogens is 210 g/mol. The Kier molecular flexibility index (Phi) is 3.51. The molecule has 0 aromatic carbocycles. The first-order valence-electron chi connectivity index (χ1n) is 5.24. The van der Waals surface area contributed by atoms with E-state index in [0.717, 1.165) is 0 Å². The van der Waals surface area contributed by atoms with Gasteiger partial charge in [-0.15, -0.1) is 0 Å². The minimum absolute atomic E-state index is 0.0294. The van der Waals surface area contributed by atoms with Gasteiger partial charge >= 0.3 is 6.03 Å². The summed E-state index contributed by atoms with van der Waals surface area (Å²) in [4.78, 5) is 34.3. The van der Waals surface area contributed by atoms with Gasteiger partial charge in [0, 0.05) is 13.1 Å². The number of hydrogen-bond donors (Lipinski definition) is 3. The van der Waals surface area contributed by atoms with Gasteiger partial charge < -0.3 is 10.6 Å². The summed E-state index contributed by atoms with van der Waals surface area (Å²) in [6, 6.07) is -0.556. The van der Waals surface area contributed by atoms with Gasteiger partial charge in [0.2, 0.25) is 11.8 Å². The zero-order valence-corrected chi connectivity index (χ0v) is 9.72. The second-order valence-electron chi connectivity index (χ2n) is 4.57. The molecule has 1 unspecified atom stereocenters. The van der Waals surface area contributed by atoms with Crippen molar-refractivity contribution in [2.45, 2.75) is 20.8 Å². The predicted octanol–water partition coefficient (Wildman–Crippen LogP) is -0.396. The summed E-state index contributed by atoms with van der Waals surface area (Å²) < 4.78 is 0. The van der Waals surface area contributed by atoms with Crippen molar-refractivity contribution < 1.29 is 14.4 Å². The largest absolute Gasteiger partial charge is 0.355 e. The first-order chi connectivity index (χ1) is 7.36. The fraction of sp³-hybridized carbons (Fsp3) is 0.700. The van der Waals surface area contributed by atoms with E-state index in [4.69, 9.17) is 0 Å². The molecular formula is C10H17N3O3. The van der Waals surface area contributed by atoms with Crippen molar-refractivity contribution in [2.24, 2.45) is 11.3 Å². The second kappa shape index (κ2) is 4.51. The summed E-state index contributed by atoms with van der Waals surface area (Å²) >= 11 is 0. The third-order valence-corrected chi connectivity index (χ3v) is 2.50. The van der Waals surface area contributed by atoms with Crippen LogP contribution in [0.2, 0.25) is 0 Å². The van der Waals surface area contributed by atoms with Crippen LogP contribution < -0.4 is 16.0 Å². The monoisotopic (exact) mass is 227 g/mol. The predicted molar refractivity (Wildman–Crippen MR) is 57.5 cm³/mol. The molecule has 0 aliphatic carbocycles. The van der Waals surface area contributed by atoms with Gasteiger partial charge in [-0.25, -0.2) is 4.79 Å². The van der Waals surface area contributed by atoms with Crippen molar-refractivity contribution >= 4 is 17.8 Å². The number of hydrogen-bond acceptors (Lipinski definition) is 3. The number of amides is 4. The standard InChI is InChI=1S/C10H17N3O3/c1-6(2)4-11-7(14)10(3)5-12-9(16)13-8(10)15/h6H,4-5H2,1-3H3,(H,11,14)(H2,12,13,15,16). The minimum atomic E-state index is -1.22. The quantitative estimate of drug-likeness (QED) is 0.573. The molecule has 0 aromatic rings. The molecule has 0 spiro atoms. The maximum Gasteiger partial charge on any atom is 0.321 e. The second-order valence-corrected chi connectivity index (χ2v) is 4.57. The molecule has 1 atom stereocenters. The Morgan fingerprint density at radius 2 is 2.12 bits per heavy atom. The van der Waals surface area contributed by atoms with Crippen LogP contribution in [0.5, 0.6) is 0 Å². The smallest absolute Gasteiger partial charge is 0.321 e. The summed E-state index contributed by atoms with van der Waals surface area (Å²) in [5, 5.41) is 7.21. The Bertz CT molecular complexity index is 327. The molecule has 1 fully saturated rings. The average Bonchev–Trinajstić information content (AvgIpc) is 2.20. The molecule has 3 N–H and O–H groups in total. The van der Waals surface area contributed by atoms with E-state index in [1.807, 2.05) is 13.8 Å². The molecule has 0 aromatic heterocycles. The summed E-state index contributed by atoms with van der Waals surface area (Å²) in [7, 11) is 0. The highest BCUT2D eigenvalue weighted by molar-refractivity contribution is 6.11. The highest BCUT2D eigenvalue weighted by Gasteiger charge is 2.44. The number of imide groups is 1. The Morgan fingerprint density at radius 1 is 1.50 bits per heavy atom. The Morgan fingerprint density at radius 3 is 2.62 bits per heavy atom. The molecule has 1 rings (SSSR count). The maximum absolute atomic E-state index is 11.8. The first kappa shape index (κ1) is 12.5. The van der Waals surface area contributed by atoms with Crippen molar-refractivity contribution in [3.8, 4) is 0 Å². The maximum atomic E-state index is 11.8. The molecule has 0 radical (unpaired) electrons. The summed E-state index contributed by atoms with van der Waals surface area (Å²) in [5.74, 6) is -0.606. The summed E-state index contributed by atoms with van der Waals surface area (Å²) in [6.07, 6.45) is 0. The third kappa shape index (κ3) is 2.50. The van der Waals surface area contributed by atoms with Gasteiger partial charge in [-0.05, 0) is 12.8 Å². The van der Waals surface area contributed by atoms with Gasteiger partial charge in [-0.3, -0.25) is 14.9 Å². The van der Waals surface area contributed by atoms with Crippen LogP contribution in [0.4, 0.5) is 4.79 Å². The molecule has 1 heterocycles. The van der Waals surface area contributed by atoms with E-state index in [1.54, 1.807) is 0 Å². The normalized spacial score (nSPS) is 25.0. The summed E-state index contributed by atoms with van der Waals surface area (Å²) in [5.41, 5.74) is -1.22. The zero-order chi connectivity index (χ0) is 12.3. The number of rotatable bonds is 3. The van der Waals surface area contributed by atoms with Gasteiger partial charge in [0.25, 0.3) is 0 Å². The van der Waals surface area contributed by atoms with E-state index in [9.17, 15) is 14.4 Å². The molecule has 0 saturated carbocycles. The molecule has 0 bridgehead atoms. The average molecular weight is 227 g/mol. The molecule has 1 saturated heterocycles. The van der Waals surface area contributed by atoms with Crippen molar-refractivity contribution in [3.63, 3.8) is 0 Å². The Hall–Kier alpha value is -1.59. The van der Waals surface area contributed by atoms with Crippen molar-refractivity contribution in [1.82, 2.24) is 16.0 Å². The SMILES string of the molecule is CC(C)CNC(=O)C1(C)CNC(=O)NC1=O. The highest BCUT2D eigenvalue weighted by atomic mass is 16.2. The minimum Gasteiger partial charge on any atom is -0.355 e. The molecule has 90 valence electrons. The number of urea groups is 1. The van der Waals surface area contributed by atoms with Crippen LogP contribution in [0.1, 0.15) is 20.8 Å². The number of carbonyl (C=O) groups excluding carboxylic acids is 3. The molecule has 16 heavy (non-hydrogen) atoms. The van der Waals surface area contributed by atoms with E-state index < -0.39 is 17.4 Å². The molecule has 6 heteroatoms. The van der Waals surface area contributed by atoms with Gasteiger partial charge in [0.15, 0.2) is 0 Å². The van der Waals surface area contributed by atoms with Crippen LogP contribution in [-0.4, -0.2) is 30.9 Å². The lowest BCUT2D eigenvalue weighted by atomic mass is 9.87. The van der Waals surface area contributed by atoms with Crippen molar-refractivity contribution in [1.29, 1.82) is 0 Å². The van der Waals surface area contributed by atoms with Gasteiger partial charge in [0.05, 0.1) is 0 Å². The molecule has 6 nitrogen and oxygen atoms in total. The number of nitrogens with one attached hydrogen (secondary N) is 3. The van der Waals surface area contributed by atoms with Crippen molar-refractivity contribution in [3.05, 3.63) is 0 Å². The lowest BCUT2D eigenvalue weighted by molar-refractivity contribution is -0.142. The first-order valence-corrected chi connectivity index (χ1v) is 5.24. The van der Waals surface area contributed by atoms with Crippen LogP contribution in [0.15, 0.2) is 0 Å². The van der Waals surface area contributed by atoms with E-state index in [-0.39, 0.29) is 12.5 Å². The lowest BCUT2D eigenvalue weighted by Crippen LogP contribution is -2.63. The van der Waals surface area contributed by atoms with E-state index in [1.165, 1.54) is 6.92 Å². The molecule has 4 amide bonds. The summed E-state index contributed by atoms with van der Waals surface area (Å²) in [6.45, 7) is 5.98. The highest BCUT2D eigenvalue weighted by Crippen LogP contribution is 2.18. The fourth-order valence-electron chi connectivity index (χ4n) is 1.30. The van der Waals surface area contributed by atoms with Gasteiger partial charge in [0.1, 0.15) is 5.41 Å². The van der Waals surface area contributed by atoms with E-state index in [2.05, 4.69) is 16.0 Å². The molecule has 1 aliphatic heterocycles.